The molecule has 0 aromatic carbocycles. The molecule has 96 valence electrons. The molecular formula is C9H15ClN4O2S. The van der Waals surface area contributed by atoms with Gasteiger partial charge in [-0.05, 0) is 13.3 Å². The molecule has 1 atom stereocenters. The summed E-state index contributed by atoms with van der Waals surface area (Å²) in [5, 5.41) is 8.08. The van der Waals surface area contributed by atoms with E-state index in [1.807, 2.05) is 4.57 Å². The van der Waals surface area contributed by atoms with Crippen LogP contribution in [-0.4, -0.2) is 34.8 Å². The van der Waals surface area contributed by atoms with Crippen molar-refractivity contribution >= 4 is 21.6 Å². The maximum Gasteiger partial charge on any atom is 0.213 e. The van der Waals surface area contributed by atoms with Gasteiger partial charge >= 0.3 is 0 Å². The first-order chi connectivity index (χ1) is 8.03. The van der Waals surface area contributed by atoms with E-state index in [0.717, 1.165) is 25.2 Å². The molecule has 6 nitrogen and oxygen atoms in total. The molecule has 1 N–H and O–H groups in total. The highest BCUT2D eigenvalue weighted by molar-refractivity contribution is 7.89. The van der Waals surface area contributed by atoms with Crippen molar-refractivity contribution in [1.82, 2.24) is 19.5 Å². The van der Waals surface area contributed by atoms with Crippen LogP contribution in [0.5, 0.6) is 0 Å². The maximum absolute atomic E-state index is 11.6. The fraction of sp³-hybridized carbons (Fsp3) is 0.778. The van der Waals surface area contributed by atoms with Crippen molar-refractivity contribution in [2.75, 3.05) is 11.6 Å². The third-order valence-corrected chi connectivity index (χ3v) is 4.59. The Balaban J connectivity index is 2.12. The van der Waals surface area contributed by atoms with Crippen molar-refractivity contribution in [2.24, 2.45) is 0 Å². The van der Waals surface area contributed by atoms with Crippen molar-refractivity contribution in [2.45, 2.75) is 32.4 Å². The second-order valence-corrected chi connectivity index (χ2v) is 6.33. The lowest BCUT2D eigenvalue weighted by Crippen LogP contribution is -2.31. The predicted molar refractivity (Wildman–Crippen MR) is 64.4 cm³/mol. The van der Waals surface area contributed by atoms with E-state index >= 15 is 0 Å². The van der Waals surface area contributed by atoms with Gasteiger partial charge in [0.1, 0.15) is 5.82 Å². The summed E-state index contributed by atoms with van der Waals surface area (Å²) in [6.07, 6.45) is 1.95. The standard InChI is InChI=1S/C9H15ClN4O2S/c1-7(13-17(15,16)6-4-10)9-12-11-8-3-2-5-14(8)9/h7,13H,2-6H2,1H3. The number of hydrogen-bond donors (Lipinski definition) is 1. The SMILES string of the molecule is CC(NS(=O)(=O)CCCl)c1nnc2n1CCC2. The Morgan fingerprint density at radius 1 is 1.53 bits per heavy atom. The molecule has 0 saturated heterocycles. The molecule has 1 aromatic heterocycles. The Labute approximate surface area is 105 Å². The van der Waals surface area contributed by atoms with Crippen LogP contribution in [0.4, 0.5) is 0 Å². The molecule has 17 heavy (non-hydrogen) atoms. The molecule has 2 heterocycles. The average molecular weight is 279 g/mol. The Hall–Kier alpha value is -0.660. The van der Waals surface area contributed by atoms with Gasteiger partial charge in [-0.2, -0.15) is 0 Å². The van der Waals surface area contributed by atoms with Gasteiger partial charge in [-0.15, -0.1) is 21.8 Å². The third-order valence-electron chi connectivity index (χ3n) is 2.73. The van der Waals surface area contributed by atoms with Crippen LogP contribution in [0.3, 0.4) is 0 Å². The molecule has 0 amide bonds. The molecule has 1 aromatic rings. The number of halogens is 1. The van der Waals surface area contributed by atoms with Gasteiger partial charge in [-0.3, -0.25) is 0 Å². The molecule has 1 unspecified atom stereocenters. The van der Waals surface area contributed by atoms with E-state index in [1.165, 1.54) is 0 Å². The highest BCUT2D eigenvalue weighted by Gasteiger charge is 2.24. The van der Waals surface area contributed by atoms with Crippen LogP contribution in [0.25, 0.3) is 0 Å². The van der Waals surface area contributed by atoms with Gasteiger partial charge in [0.25, 0.3) is 0 Å². The number of hydrogen-bond acceptors (Lipinski definition) is 4. The number of sulfonamides is 1. The van der Waals surface area contributed by atoms with E-state index in [9.17, 15) is 8.42 Å². The normalized spacial score (nSPS) is 17.1. The molecule has 0 bridgehead atoms. The molecule has 0 radical (unpaired) electrons. The summed E-state index contributed by atoms with van der Waals surface area (Å²) in [5.41, 5.74) is 0. The highest BCUT2D eigenvalue weighted by Crippen LogP contribution is 2.19. The second kappa shape index (κ2) is 4.91. The van der Waals surface area contributed by atoms with Crippen LogP contribution in [0, 0.1) is 0 Å². The number of alkyl halides is 1. The summed E-state index contributed by atoms with van der Waals surface area (Å²) in [6, 6.07) is -0.373. The van der Waals surface area contributed by atoms with Gasteiger partial charge in [-0.25, -0.2) is 13.1 Å². The summed E-state index contributed by atoms with van der Waals surface area (Å²) in [5.74, 6) is 1.61. The van der Waals surface area contributed by atoms with Crippen LogP contribution < -0.4 is 4.72 Å². The fourth-order valence-electron chi connectivity index (χ4n) is 1.98. The number of nitrogens with one attached hydrogen (secondary N) is 1. The number of aryl methyl sites for hydroxylation is 1. The van der Waals surface area contributed by atoms with Crippen molar-refractivity contribution in [1.29, 1.82) is 0 Å². The molecule has 0 aliphatic carbocycles. The lowest BCUT2D eigenvalue weighted by Gasteiger charge is -2.13. The molecule has 2 rings (SSSR count). The van der Waals surface area contributed by atoms with E-state index in [0.29, 0.717) is 5.82 Å². The maximum atomic E-state index is 11.6. The Morgan fingerprint density at radius 3 is 3.00 bits per heavy atom. The lowest BCUT2D eigenvalue weighted by atomic mass is 10.3. The van der Waals surface area contributed by atoms with Crippen LogP contribution in [-0.2, 0) is 23.0 Å². The van der Waals surface area contributed by atoms with E-state index in [1.54, 1.807) is 6.92 Å². The second-order valence-electron chi connectivity index (χ2n) is 4.08. The minimum atomic E-state index is -3.34. The van der Waals surface area contributed by atoms with E-state index in [-0.39, 0.29) is 17.7 Å². The van der Waals surface area contributed by atoms with Gasteiger partial charge in [0.15, 0.2) is 5.82 Å². The Bertz CT molecular complexity index is 499. The van der Waals surface area contributed by atoms with Crippen molar-refractivity contribution in [3.8, 4) is 0 Å². The van der Waals surface area contributed by atoms with E-state index < -0.39 is 10.0 Å². The molecule has 1 aliphatic rings. The summed E-state index contributed by atoms with van der Waals surface area (Å²) >= 11 is 5.44. The van der Waals surface area contributed by atoms with Gasteiger partial charge in [-0.1, -0.05) is 0 Å². The van der Waals surface area contributed by atoms with Crippen molar-refractivity contribution in [3.05, 3.63) is 11.6 Å². The predicted octanol–water partition coefficient (Wildman–Crippen LogP) is 0.443. The quantitative estimate of drug-likeness (QED) is 0.793. The van der Waals surface area contributed by atoms with Gasteiger partial charge < -0.3 is 4.57 Å². The van der Waals surface area contributed by atoms with E-state index in [4.69, 9.17) is 11.6 Å². The first-order valence-electron chi connectivity index (χ1n) is 5.51. The molecule has 0 saturated carbocycles. The zero-order valence-electron chi connectivity index (χ0n) is 9.56. The minimum Gasteiger partial charge on any atom is -0.314 e. The van der Waals surface area contributed by atoms with Gasteiger partial charge in [0.2, 0.25) is 10.0 Å². The van der Waals surface area contributed by atoms with Crippen LogP contribution in [0.2, 0.25) is 0 Å². The zero-order valence-corrected chi connectivity index (χ0v) is 11.1. The number of nitrogens with zero attached hydrogens (tertiary/aromatic N) is 3. The summed E-state index contributed by atoms with van der Waals surface area (Å²) in [4.78, 5) is 0. The molecular weight excluding hydrogens is 264 g/mol. The molecule has 1 aliphatic heterocycles. The first-order valence-corrected chi connectivity index (χ1v) is 7.70. The topological polar surface area (TPSA) is 76.9 Å². The third kappa shape index (κ3) is 2.78. The van der Waals surface area contributed by atoms with E-state index in [2.05, 4.69) is 14.9 Å². The summed E-state index contributed by atoms with van der Waals surface area (Å²) in [6.45, 7) is 2.63. The van der Waals surface area contributed by atoms with Crippen LogP contribution >= 0.6 is 11.6 Å². The summed E-state index contributed by atoms with van der Waals surface area (Å²) in [7, 11) is -3.34. The van der Waals surface area contributed by atoms with Crippen molar-refractivity contribution in [3.63, 3.8) is 0 Å². The molecule has 8 heteroatoms. The monoisotopic (exact) mass is 278 g/mol. The van der Waals surface area contributed by atoms with Gasteiger partial charge in [0.05, 0.1) is 11.8 Å². The Kier molecular flexibility index (Phi) is 3.70. The summed E-state index contributed by atoms with van der Waals surface area (Å²) < 4.78 is 27.7. The van der Waals surface area contributed by atoms with Crippen molar-refractivity contribution < 1.29 is 8.42 Å². The fourth-order valence-corrected chi connectivity index (χ4v) is 3.55. The van der Waals surface area contributed by atoms with Gasteiger partial charge in [0, 0.05) is 18.8 Å². The molecule has 0 spiro atoms. The molecule has 0 fully saturated rings. The smallest absolute Gasteiger partial charge is 0.213 e. The average Bonchev–Trinajstić information content (AvgIpc) is 2.75. The lowest BCUT2D eigenvalue weighted by molar-refractivity contribution is 0.547. The number of fused-ring (bicyclic) bond motifs is 1. The number of aromatic nitrogens is 3. The van der Waals surface area contributed by atoms with Crippen LogP contribution in [0.15, 0.2) is 0 Å². The minimum absolute atomic E-state index is 0.0833. The van der Waals surface area contributed by atoms with Crippen LogP contribution in [0.1, 0.15) is 31.0 Å². The Morgan fingerprint density at radius 2 is 2.29 bits per heavy atom. The largest absolute Gasteiger partial charge is 0.314 e. The highest BCUT2D eigenvalue weighted by atomic mass is 35.5. The number of rotatable bonds is 5. The first kappa shape index (κ1) is 12.8. The zero-order chi connectivity index (χ0) is 12.5.